The van der Waals surface area contributed by atoms with Crippen LogP contribution >= 0.6 is 0 Å². The summed E-state index contributed by atoms with van der Waals surface area (Å²) in [6.45, 7) is 8.53. The topological polar surface area (TPSA) is 18.5 Å². The molecule has 0 spiro atoms. The first-order chi connectivity index (χ1) is 18.7. The van der Waals surface area contributed by atoms with Gasteiger partial charge in [-0.1, -0.05) is 78.3 Å². The summed E-state index contributed by atoms with van der Waals surface area (Å²) in [5.74, 6) is 0. The fraction of sp³-hybridized carbons (Fsp3) is 0.314. The van der Waals surface area contributed by atoms with Gasteiger partial charge in [0.25, 0.3) is 0 Å². The van der Waals surface area contributed by atoms with Gasteiger partial charge in [0.15, 0.2) is 0 Å². The predicted octanol–water partition coefficient (Wildman–Crippen LogP) is 4.80. The predicted molar refractivity (Wildman–Crippen MR) is 162 cm³/mol. The van der Waals surface area contributed by atoms with Gasteiger partial charge in [-0.15, -0.1) is 0 Å². The molecule has 1 fully saturated rings. The van der Waals surface area contributed by atoms with E-state index in [1.165, 1.54) is 86.8 Å². The minimum Gasteiger partial charge on any atom is -0.399 e. The van der Waals surface area contributed by atoms with Gasteiger partial charge in [0, 0.05) is 0 Å². The Labute approximate surface area is 233 Å². The van der Waals surface area contributed by atoms with Crippen molar-refractivity contribution >= 4 is 25.9 Å². The Morgan fingerprint density at radius 1 is 0.590 bits per heavy atom. The van der Waals surface area contributed by atoms with Crippen molar-refractivity contribution < 1.29 is 9.31 Å². The summed E-state index contributed by atoms with van der Waals surface area (Å²) >= 11 is 0. The van der Waals surface area contributed by atoms with Crippen LogP contribution in [0, 0.1) is 0 Å². The van der Waals surface area contributed by atoms with E-state index < -0.39 is 7.12 Å². The largest absolute Gasteiger partial charge is 0.494 e. The second-order valence-electron chi connectivity index (χ2n) is 13.2. The van der Waals surface area contributed by atoms with E-state index in [9.17, 15) is 0 Å². The zero-order valence-corrected chi connectivity index (χ0v) is 23.7. The Hall–Kier alpha value is -3.07. The fourth-order valence-corrected chi connectivity index (χ4v) is 7.23. The van der Waals surface area contributed by atoms with E-state index in [0.717, 1.165) is 5.46 Å². The molecule has 4 aliphatic rings. The van der Waals surface area contributed by atoms with Crippen molar-refractivity contribution in [2.45, 2.75) is 70.0 Å². The Balaban J connectivity index is 1.42. The molecule has 0 aromatic heterocycles. The standard InChI is InChI=1S/C35H34B2O2/c1-33(2)34(3,4)39-37(38-33)28-14-16-30-29-15-13-27(36)19-31(29)35(32(30)20-28,25-11-9-21-5-7-23(21)17-25)26-12-10-22-6-8-24(22)18-26/h9-20H,5-8,36H2,1-4H3. The minimum absolute atomic E-state index is 0.378. The maximum absolute atomic E-state index is 6.55. The number of fused-ring (bicyclic) bond motifs is 5. The average Bonchev–Trinajstić information content (AvgIpc) is 3.27. The Morgan fingerprint density at radius 3 is 1.62 bits per heavy atom. The van der Waals surface area contributed by atoms with E-state index in [1.54, 1.807) is 0 Å². The van der Waals surface area contributed by atoms with Crippen molar-refractivity contribution in [3.05, 3.63) is 117 Å². The second-order valence-corrected chi connectivity index (χ2v) is 13.2. The molecule has 0 saturated carbocycles. The van der Waals surface area contributed by atoms with Gasteiger partial charge in [-0.3, -0.25) is 0 Å². The normalized spacial score (nSPS) is 20.4. The minimum atomic E-state index is -0.392. The van der Waals surface area contributed by atoms with Gasteiger partial charge in [0.2, 0.25) is 0 Å². The van der Waals surface area contributed by atoms with Gasteiger partial charge in [-0.25, -0.2) is 0 Å². The lowest BCUT2D eigenvalue weighted by atomic mass is 9.64. The van der Waals surface area contributed by atoms with Gasteiger partial charge < -0.3 is 9.31 Å². The first-order valence-corrected chi connectivity index (χ1v) is 14.5. The Bertz CT molecular complexity index is 1630. The molecule has 1 saturated heterocycles. The second kappa shape index (κ2) is 7.77. The van der Waals surface area contributed by atoms with Crippen LogP contribution in [0.1, 0.15) is 72.2 Å². The summed E-state index contributed by atoms with van der Waals surface area (Å²) in [6.07, 6.45) is 4.73. The fourth-order valence-electron chi connectivity index (χ4n) is 7.23. The summed E-state index contributed by atoms with van der Waals surface area (Å²) in [5, 5.41) is 0. The first kappa shape index (κ1) is 23.8. The lowest BCUT2D eigenvalue weighted by molar-refractivity contribution is 0.00578. The zero-order chi connectivity index (χ0) is 26.7. The molecule has 4 aromatic carbocycles. The number of rotatable bonds is 3. The monoisotopic (exact) mass is 508 g/mol. The van der Waals surface area contributed by atoms with E-state index in [2.05, 4.69) is 108 Å². The lowest BCUT2D eigenvalue weighted by Gasteiger charge is -2.37. The summed E-state index contributed by atoms with van der Waals surface area (Å²) in [6, 6.07) is 28.5. The van der Waals surface area contributed by atoms with Crippen LogP contribution in [0.25, 0.3) is 11.1 Å². The van der Waals surface area contributed by atoms with Crippen LogP contribution in [0.2, 0.25) is 0 Å². The maximum atomic E-state index is 6.55. The third kappa shape index (κ3) is 3.13. The summed E-state index contributed by atoms with van der Waals surface area (Å²) in [4.78, 5) is 0. The van der Waals surface area contributed by atoms with E-state index in [1.807, 2.05) is 0 Å². The van der Waals surface area contributed by atoms with Gasteiger partial charge in [-0.2, -0.15) is 0 Å². The molecule has 0 N–H and O–H groups in total. The number of hydrogen-bond acceptors (Lipinski definition) is 2. The van der Waals surface area contributed by atoms with Crippen molar-refractivity contribution in [3.63, 3.8) is 0 Å². The molecule has 39 heavy (non-hydrogen) atoms. The van der Waals surface area contributed by atoms with Gasteiger partial charge in [0.05, 0.1) is 16.6 Å². The smallest absolute Gasteiger partial charge is 0.399 e. The Morgan fingerprint density at radius 2 is 1.10 bits per heavy atom. The van der Waals surface area contributed by atoms with Crippen molar-refractivity contribution in [3.8, 4) is 11.1 Å². The molecule has 8 rings (SSSR count). The van der Waals surface area contributed by atoms with E-state index in [0.29, 0.717) is 0 Å². The molecule has 1 heterocycles. The highest BCUT2D eigenvalue weighted by Gasteiger charge is 2.53. The molecular formula is C35H34B2O2. The van der Waals surface area contributed by atoms with Crippen molar-refractivity contribution in [1.29, 1.82) is 0 Å². The first-order valence-electron chi connectivity index (χ1n) is 14.5. The highest BCUT2D eigenvalue weighted by molar-refractivity contribution is 6.62. The Kier molecular flexibility index (Phi) is 4.74. The SMILES string of the molecule is Bc1ccc2c(c1)C(c1ccc3c(c1)CC3)(c1ccc3c(c1)CC3)c1cc(B3OC(C)(C)C(C)(C)O3)ccc1-2. The average molecular weight is 508 g/mol. The molecule has 3 aliphatic carbocycles. The van der Waals surface area contributed by atoms with Crippen LogP contribution in [0.4, 0.5) is 0 Å². The number of benzene rings is 4. The molecule has 0 amide bonds. The molecule has 0 atom stereocenters. The number of hydrogen-bond donors (Lipinski definition) is 0. The van der Waals surface area contributed by atoms with E-state index >= 15 is 0 Å². The molecule has 192 valence electrons. The lowest BCUT2D eigenvalue weighted by Crippen LogP contribution is -2.41. The van der Waals surface area contributed by atoms with Crippen LogP contribution in [0.3, 0.4) is 0 Å². The van der Waals surface area contributed by atoms with Crippen molar-refractivity contribution in [1.82, 2.24) is 0 Å². The highest BCUT2D eigenvalue weighted by Crippen LogP contribution is 2.56. The molecule has 1 aliphatic heterocycles. The molecular weight excluding hydrogens is 474 g/mol. The van der Waals surface area contributed by atoms with Crippen molar-refractivity contribution in [2.24, 2.45) is 0 Å². The zero-order valence-electron chi connectivity index (χ0n) is 23.7. The molecule has 0 radical (unpaired) electrons. The summed E-state index contributed by atoms with van der Waals surface area (Å²) in [7, 11) is 1.83. The third-order valence-electron chi connectivity index (χ3n) is 10.4. The molecule has 4 aromatic rings. The van der Waals surface area contributed by atoms with Crippen LogP contribution < -0.4 is 10.9 Å². The third-order valence-corrected chi connectivity index (χ3v) is 10.4. The van der Waals surface area contributed by atoms with Gasteiger partial charge >= 0.3 is 7.12 Å². The molecule has 0 bridgehead atoms. The van der Waals surface area contributed by atoms with Crippen LogP contribution in [-0.4, -0.2) is 26.2 Å². The number of aryl methyl sites for hydroxylation is 4. The van der Waals surface area contributed by atoms with E-state index in [-0.39, 0.29) is 16.6 Å². The quantitative estimate of drug-likeness (QED) is 0.326. The molecule has 0 unspecified atom stereocenters. The van der Waals surface area contributed by atoms with Crippen molar-refractivity contribution in [2.75, 3.05) is 0 Å². The van der Waals surface area contributed by atoms with Gasteiger partial charge in [0.1, 0.15) is 7.85 Å². The van der Waals surface area contributed by atoms with Crippen LogP contribution in [0.5, 0.6) is 0 Å². The van der Waals surface area contributed by atoms with Gasteiger partial charge in [-0.05, 0) is 114 Å². The maximum Gasteiger partial charge on any atom is 0.494 e. The van der Waals surface area contributed by atoms with Crippen LogP contribution in [-0.2, 0) is 40.4 Å². The summed E-state index contributed by atoms with van der Waals surface area (Å²) < 4.78 is 13.1. The highest BCUT2D eigenvalue weighted by atomic mass is 16.7. The molecule has 4 heteroatoms. The summed E-state index contributed by atoms with van der Waals surface area (Å²) in [5.41, 5.74) is 15.4. The molecule has 2 nitrogen and oxygen atoms in total. The van der Waals surface area contributed by atoms with Crippen LogP contribution in [0.15, 0.2) is 72.8 Å². The van der Waals surface area contributed by atoms with E-state index in [4.69, 9.17) is 9.31 Å².